The van der Waals surface area contributed by atoms with Crippen molar-refractivity contribution in [3.63, 3.8) is 0 Å². The molecule has 0 saturated heterocycles. The van der Waals surface area contributed by atoms with E-state index in [0.717, 1.165) is 10.5 Å². The Hall–Kier alpha value is -3.06. The Bertz CT molecular complexity index is 999. The second kappa shape index (κ2) is 9.43. The van der Waals surface area contributed by atoms with Gasteiger partial charge in [0, 0.05) is 22.2 Å². The highest BCUT2D eigenvalue weighted by molar-refractivity contribution is 8.00. The minimum absolute atomic E-state index is 0.139. The molecule has 0 spiro atoms. The predicted molar refractivity (Wildman–Crippen MR) is 115 cm³/mol. The lowest BCUT2D eigenvalue weighted by Crippen LogP contribution is -2.24. The summed E-state index contributed by atoms with van der Waals surface area (Å²) in [6.07, 6.45) is 0.646. The number of carbonyl (C=O) groups excluding carboxylic acids is 2. The maximum absolute atomic E-state index is 12.5. The van der Waals surface area contributed by atoms with Gasteiger partial charge in [-0.3, -0.25) is 9.59 Å². The van der Waals surface area contributed by atoms with Crippen molar-refractivity contribution >= 4 is 35.1 Å². The van der Waals surface area contributed by atoms with Crippen molar-refractivity contribution < 1.29 is 14.1 Å². The van der Waals surface area contributed by atoms with Crippen LogP contribution in [0.5, 0.6) is 0 Å². The first-order chi connectivity index (χ1) is 13.9. The molecule has 0 aliphatic heterocycles. The molecule has 0 aliphatic carbocycles. The molecule has 1 atom stereocenters. The Kier molecular flexibility index (Phi) is 6.72. The third-order valence-corrected chi connectivity index (χ3v) is 5.58. The lowest BCUT2D eigenvalue weighted by molar-refractivity contribution is -0.115. The normalized spacial score (nSPS) is 11.7. The van der Waals surface area contributed by atoms with Crippen molar-refractivity contribution in [1.82, 2.24) is 5.16 Å². The molecular formula is C22H23N3O3S. The maximum Gasteiger partial charge on any atom is 0.255 e. The Balaban J connectivity index is 1.65. The molecule has 0 saturated carbocycles. The van der Waals surface area contributed by atoms with Crippen LogP contribution in [-0.4, -0.2) is 22.2 Å². The lowest BCUT2D eigenvalue weighted by atomic mass is 10.1. The molecule has 3 rings (SSSR count). The average Bonchev–Trinajstić information content (AvgIpc) is 3.11. The summed E-state index contributed by atoms with van der Waals surface area (Å²) < 4.78 is 4.98. The van der Waals surface area contributed by atoms with E-state index in [-0.39, 0.29) is 17.1 Å². The molecule has 1 heterocycles. The fourth-order valence-corrected chi connectivity index (χ4v) is 3.69. The molecule has 150 valence electrons. The third-order valence-electron chi connectivity index (χ3n) is 4.23. The van der Waals surface area contributed by atoms with Gasteiger partial charge in [-0.2, -0.15) is 0 Å². The third kappa shape index (κ3) is 5.71. The van der Waals surface area contributed by atoms with Gasteiger partial charge in [-0.1, -0.05) is 35.8 Å². The van der Waals surface area contributed by atoms with Crippen LogP contribution >= 0.6 is 11.8 Å². The van der Waals surface area contributed by atoms with E-state index in [2.05, 4.69) is 15.8 Å². The molecule has 1 aromatic heterocycles. The summed E-state index contributed by atoms with van der Waals surface area (Å²) in [4.78, 5) is 25.9. The molecule has 0 fully saturated rings. The fourth-order valence-electron chi connectivity index (χ4n) is 2.67. The van der Waals surface area contributed by atoms with Crippen LogP contribution in [0.2, 0.25) is 0 Å². The Morgan fingerprint density at radius 2 is 1.83 bits per heavy atom. The minimum Gasteiger partial charge on any atom is -0.360 e. The molecule has 3 aromatic rings. The highest BCUT2D eigenvalue weighted by Gasteiger charge is 2.19. The quantitative estimate of drug-likeness (QED) is 0.533. The van der Waals surface area contributed by atoms with Gasteiger partial charge in [0.05, 0.1) is 5.25 Å². The van der Waals surface area contributed by atoms with Gasteiger partial charge < -0.3 is 15.2 Å². The average molecular weight is 410 g/mol. The molecule has 29 heavy (non-hydrogen) atoms. The van der Waals surface area contributed by atoms with Crippen molar-refractivity contribution in [2.45, 2.75) is 37.3 Å². The van der Waals surface area contributed by atoms with E-state index in [4.69, 9.17) is 4.52 Å². The van der Waals surface area contributed by atoms with Gasteiger partial charge in [-0.05, 0) is 50.6 Å². The van der Waals surface area contributed by atoms with Crippen LogP contribution in [0.3, 0.4) is 0 Å². The van der Waals surface area contributed by atoms with Crippen molar-refractivity contribution in [1.29, 1.82) is 0 Å². The van der Waals surface area contributed by atoms with Gasteiger partial charge in [0.1, 0.15) is 5.76 Å². The summed E-state index contributed by atoms with van der Waals surface area (Å²) >= 11 is 1.44. The summed E-state index contributed by atoms with van der Waals surface area (Å²) in [5.41, 5.74) is 2.38. The fraction of sp³-hybridized carbons (Fsp3) is 0.227. The van der Waals surface area contributed by atoms with Crippen LogP contribution in [0.15, 0.2) is 64.0 Å². The lowest BCUT2D eigenvalue weighted by Gasteiger charge is -2.14. The summed E-state index contributed by atoms with van der Waals surface area (Å²) in [6.45, 7) is 5.70. The molecule has 7 heteroatoms. The van der Waals surface area contributed by atoms with Crippen molar-refractivity contribution in [2.24, 2.45) is 0 Å². The van der Waals surface area contributed by atoms with E-state index in [1.807, 2.05) is 50.2 Å². The molecule has 0 radical (unpaired) electrons. The van der Waals surface area contributed by atoms with Crippen LogP contribution in [0, 0.1) is 13.8 Å². The summed E-state index contributed by atoms with van der Waals surface area (Å²) in [5, 5.41) is 9.18. The van der Waals surface area contributed by atoms with Crippen LogP contribution in [0.4, 0.5) is 11.5 Å². The molecule has 0 bridgehead atoms. The Labute approximate surface area is 174 Å². The molecular weight excluding hydrogens is 386 g/mol. The summed E-state index contributed by atoms with van der Waals surface area (Å²) in [6, 6.07) is 16.6. The first kappa shape index (κ1) is 20.7. The van der Waals surface area contributed by atoms with Gasteiger partial charge in [0.25, 0.3) is 5.91 Å². The standard InChI is InChI=1S/C22H23N3O3S/c1-4-19(22(27)24-20-12-15(3)28-25-20)29-18-7-5-6-17(13-18)23-21(26)16-10-8-14(2)9-11-16/h5-13,19H,4H2,1-3H3,(H,23,26)(H,24,25,27). The molecule has 6 nitrogen and oxygen atoms in total. The van der Waals surface area contributed by atoms with Gasteiger partial charge in [-0.25, -0.2) is 0 Å². The summed E-state index contributed by atoms with van der Waals surface area (Å²) in [7, 11) is 0. The number of hydrogen-bond acceptors (Lipinski definition) is 5. The van der Waals surface area contributed by atoms with Crippen molar-refractivity contribution in [3.8, 4) is 0 Å². The van der Waals surface area contributed by atoms with Gasteiger partial charge in [0.15, 0.2) is 5.82 Å². The van der Waals surface area contributed by atoms with E-state index >= 15 is 0 Å². The number of nitrogens with zero attached hydrogens (tertiary/aromatic N) is 1. The number of rotatable bonds is 7. The van der Waals surface area contributed by atoms with Crippen LogP contribution < -0.4 is 10.6 Å². The van der Waals surface area contributed by atoms with E-state index in [0.29, 0.717) is 29.2 Å². The van der Waals surface area contributed by atoms with Gasteiger partial charge in [0.2, 0.25) is 5.91 Å². The highest BCUT2D eigenvalue weighted by Crippen LogP contribution is 2.28. The number of aromatic nitrogens is 1. The van der Waals surface area contributed by atoms with Gasteiger partial charge in [-0.15, -0.1) is 11.8 Å². The molecule has 1 unspecified atom stereocenters. The monoisotopic (exact) mass is 409 g/mol. The zero-order valence-corrected chi connectivity index (χ0v) is 17.4. The largest absolute Gasteiger partial charge is 0.360 e. The molecule has 2 aromatic carbocycles. The Morgan fingerprint density at radius 3 is 2.48 bits per heavy atom. The number of benzene rings is 2. The maximum atomic E-state index is 12.5. The smallest absolute Gasteiger partial charge is 0.255 e. The van der Waals surface area contributed by atoms with Crippen LogP contribution in [0.25, 0.3) is 0 Å². The van der Waals surface area contributed by atoms with E-state index in [9.17, 15) is 9.59 Å². The number of amides is 2. The zero-order chi connectivity index (χ0) is 20.8. The van der Waals surface area contributed by atoms with E-state index in [1.165, 1.54) is 11.8 Å². The van der Waals surface area contributed by atoms with E-state index < -0.39 is 0 Å². The number of carbonyl (C=O) groups is 2. The van der Waals surface area contributed by atoms with Crippen LogP contribution in [0.1, 0.15) is 35.0 Å². The number of nitrogens with one attached hydrogen (secondary N) is 2. The molecule has 2 amide bonds. The second-order valence-electron chi connectivity index (χ2n) is 6.67. The first-order valence-corrected chi connectivity index (χ1v) is 10.2. The van der Waals surface area contributed by atoms with Crippen LogP contribution in [-0.2, 0) is 4.79 Å². The number of aryl methyl sites for hydroxylation is 2. The van der Waals surface area contributed by atoms with Crippen molar-refractivity contribution in [3.05, 3.63) is 71.5 Å². The number of thioether (sulfide) groups is 1. The highest BCUT2D eigenvalue weighted by atomic mass is 32.2. The first-order valence-electron chi connectivity index (χ1n) is 9.33. The Morgan fingerprint density at radius 1 is 1.07 bits per heavy atom. The number of anilines is 2. The van der Waals surface area contributed by atoms with E-state index in [1.54, 1.807) is 25.1 Å². The van der Waals surface area contributed by atoms with Crippen molar-refractivity contribution in [2.75, 3.05) is 10.6 Å². The zero-order valence-electron chi connectivity index (χ0n) is 16.6. The molecule has 0 aliphatic rings. The second-order valence-corrected chi connectivity index (χ2v) is 7.95. The molecule has 2 N–H and O–H groups in total. The summed E-state index contributed by atoms with van der Waals surface area (Å²) in [5.74, 6) is 0.738. The predicted octanol–water partition coefficient (Wildman–Crippen LogP) is 5.05. The topological polar surface area (TPSA) is 84.2 Å². The minimum atomic E-state index is -0.296. The SMILES string of the molecule is CCC(Sc1cccc(NC(=O)c2ccc(C)cc2)c1)C(=O)Nc1cc(C)on1. The van der Waals surface area contributed by atoms with Gasteiger partial charge >= 0.3 is 0 Å². The number of hydrogen-bond donors (Lipinski definition) is 2.